The monoisotopic (exact) mass is 208 g/mol. The van der Waals surface area contributed by atoms with Crippen molar-refractivity contribution in [1.82, 2.24) is 5.48 Å². The van der Waals surface area contributed by atoms with Gasteiger partial charge in [-0.3, -0.25) is 0 Å². The Balaban J connectivity index is 2.44. The molecule has 0 saturated heterocycles. The maximum atomic E-state index is 9.82. The Bertz CT molecular complexity index is 354. The van der Waals surface area contributed by atoms with Gasteiger partial charge in [-0.2, -0.15) is 5.48 Å². The number of hydrogen-bond donors (Lipinski definition) is 4. The third-order valence-corrected chi connectivity index (χ3v) is 2.99. The number of aliphatic hydroxyl groups excluding tert-OH is 1. The SMILES string of the molecule is NC(NO)c1cccc2c1CCCC2O. The molecule has 0 amide bonds. The number of hydroxylamine groups is 1. The third-order valence-electron chi connectivity index (χ3n) is 2.99. The van der Waals surface area contributed by atoms with E-state index in [2.05, 4.69) is 0 Å². The molecule has 0 fully saturated rings. The van der Waals surface area contributed by atoms with E-state index in [4.69, 9.17) is 10.9 Å². The third kappa shape index (κ3) is 1.89. The van der Waals surface area contributed by atoms with Gasteiger partial charge in [-0.1, -0.05) is 18.2 Å². The molecule has 2 rings (SSSR count). The predicted molar refractivity (Wildman–Crippen MR) is 56.2 cm³/mol. The van der Waals surface area contributed by atoms with Crippen LogP contribution < -0.4 is 11.2 Å². The Morgan fingerprint density at radius 1 is 1.47 bits per heavy atom. The number of hydrogen-bond acceptors (Lipinski definition) is 4. The summed E-state index contributed by atoms with van der Waals surface area (Å²) in [5, 5.41) is 18.6. The molecular formula is C11H16N2O2. The van der Waals surface area contributed by atoms with Gasteiger partial charge >= 0.3 is 0 Å². The first-order valence-electron chi connectivity index (χ1n) is 5.19. The van der Waals surface area contributed by atoms with Gasteiger partial charge in [0.1, 0.15) is 6.17 Å². The first kappa shape index (κ1) is 10.6. The fourth-order valence-electron chi connectivity index (χ4n) is 2.21. The molecule has 1 aliphatic carbocycles. The van der Waals surface area contributed by atoms with Crippen LogP contribution in [0.5, 0.6) is 0 Å². The van der Waals surface area contributed by atoms with Crippen molar-refractivity contribution in [2.24, 2.45) is 5.73 Å². The molecule has 0 radical (unpaired) electrons. The van der Waals surface area contributed by atoms with E-state index in [0.29, 0.717) is 0 Å². The van der Waals surface area contributed by atoms with Crippen LogP contribution in [0.1, 0.15) is 41.8 Å². The summed E-state index contributed by atoms with van der Waals surface area (Å²) in [5.74, 6) is 0. The summed E-state index contributed by atoms with van der Waals surface area (Å²) in [6.45, 7) is 0. The zero-order valence-electron chi connectivity index (χ0n) is 8.48. The fraction of sp³-hybridized carbons (Fsp3) is 0.455. The molecule has 0 aliphatic heterocycles. The molecule has 0 saturated carbocycles. The van der Waals surface area contributed by atoms with Gasteiger partial charge in [0.05, 0.1) is 6.10 Å². The molecular weight excluding hydrogens is 192 g/mol. The fourth-order valence-corrected chi connectivity index (χ4v) is 2.21. The lowest BCUT2D eigenvalue weighted by molar-refractivity contribution is 0.126. The highest BCUT2D eigenvalue weighted by atomic mass is 16.5. The molecule has 1 aliphatic rings. The van der Waals surface area contributed by atoms with E-state index in [9.17, 15) is 5.11 Å². The van der Waals surface area contributed by atoms with Crippen LogP contribution in [0, 0.1) is 0 Å². The minimum absolute atomic E-state index is 0.389. The van der Waals surface area contributed by atoms with Crippen molar-refractivity contribution in [3.8, 4) is 0 Å². The topological polar surface area (TPSA) is 78.5 Å². The van der Waals surface area contributed by atoms with Crippen LogP contribution in [0.25, 0.3) is 0 Å². The zero-order chi connectivity index (χ0) is 10.8. The van der Waals surface area contributed by atoms with E-state index in [1.165, 1.54) is 0 Å². The molecule has 4 heteroatoms. The van der Waals surface area contributed by atoms with Gasteiger partial charge in [-0.15, -0.1) is 0 Å². The second-order valence-corrected chi connectivity index (χ2v) is 3.93. The average molecular weight is 208 g/mol. The highest BCUT2D eigenvalue weighted by Crippen LogP contribution is 2.32. The van der Waals surface area contributed by atoms with Crippen molar-refractivity contribution < 1.29 is 10.3 Å². The van der Waals surface area contributed by atoms with Gasteiger partial charge in [0.15, 0.2) is 0 Å². The molecule has 4 nitrogen and oxygen atoms in total. The molecule has 1 aromatic rings. The van der Waals surface area contributed by atoms with Crippen LogP contribution >= 0.6 is 0 Å². The molecule has 2 unspecified atom stereocenters. The minimum Gasteiger partial charge on any atom is -0.388 e. The lowest BCUT2D eigenvalue weighted by atomic mass is 9.86. The van der Waals surface area contributed by atoms with Gasteiger partial charge in [-0.05, 0) is 36.0 Å². The summed E-state index contributed by atoms with van der Waals surface area (Å²) in [6, 6.07) is 5.66. The average Bonchev–Trinajstić information content (AvgIpc) is 2.28. The second kappa shape index (κ2) is 4.28. The van der Waals surface area contributed by atoms with Crippen molar-refractivity contribution in [1.29, 1.82) is 0 Å². The first-order valence-corrected chi connectivity index (χ1v) is 5.19. The molecule has 0 spiro atoms. The molecule has 5 N–H and O–H groups in total. The summed E-state index contributed by atoms with van der Waals surface area (Å²) < 4.78 is 0. The number of aliphatic hydroxyl groups is 1. The Morgan fingerprint density at radius 3 is 3.00 bits per heavy atom. The number of nitrogens with two attached hydrogens (primary N) is 1. The summed E-state index contributed by atoms with van der Waals surface area (Å²) in [6.07, 6.45) is 1.71. The van der Waals surface area contributed by atoms with Crippen LogP contribution in [-0.4, -0.2) is 10.3 Å². The first-order chi connectivity index (χ1) is 7.24. The van der Waals surface area contributed by atoms with E-state index < -0.39 is 6.17 Å². The predicted octanol–water partition coefficient (Wildman–Crippen LogP) is 0.992. The molecule has 1 aromatic carbocycles. The van der Waals surface area contributed by atoms with E-state index in [0.717, 1.165) is 36.0 Å². The van der Waals surface area contributed by atoms with Gasteiger partial charge in [0.25, 0.3) is 0 Å². The largest absolute Gasteiger partial charge is 0.388 e. The van der Waals surface area contributed by atoms with Crippen LogP contribution in [0.3, 0.4) is 0 Å². The summed E-state index contributed by atoms with van der Waals surface area (Å²) in [4.78, 5) is 0. The Kier molecular flexibility index (Phi) is 3.02. The molecule has 0 bridgehead atoms. The quantitative estimate of drug-likeness (QED) is 0.432. The zero-order valence-corrected chi connectivity index (χ0v) is 8.48. The van der Waals surface area contributed by atoms with Crippen molar-refractivity contribution in [3.63, 3.8) is 0 Å². The van der Waals surface area contributed by atoms with Gasteiger partial charge in [0, 0.05) is 0 Å². The summed E-state index contributed by atoms with van der Waals surface area (Å²) in [7, 11) is 0. The molecule has 2 atom stereocenters. The van der Waals surface area contributed by atoms with Crippen molar-refractivity contribution in [2.45, 2.75) is 31.5 Å². The van der Waals surface area contributed by atoms with Gasteiger partial charge in [-0.25, -0.2) is 0 Å². The number of benzene rings is 1. The Labute approximate surface area is 88.7 Å². The highest BCUT2D eigenvalue weighted by Gasteiger charge is 2.21. The lowest BCUT2D eigenvalue weighted by Crippen LogP contribution is -2.27. The minimum atomic E-state index is -0.578. The normalized spacial score (nSPS) is 22.2. The number of fused-ring (bicyclic) bond motifs is 1. The van der Waals surface area contributed by atoms with Gasteiger partial charge in [0.2, 0.25) is 0 Å². The maximum absolute atomic E-state index is 9.82. The summed E-state index contributed by atoms with van der Waals surface area (Å²) >= 11 is 0. The van der Waals surface area contributed by atoms with Crippen molar-refractivity contribution in [2.75, 3.05) is 0 Å². The van der Waals surface area contributed by atoms with E-state index >= 15 is 0 Å². The number of nitrogens with one attached hydrogen (secondary N) is 1. The van der Waals surface area contributed by atoms with Crippen LogP contribution in [0.2, 0.25) is 0 Å². The van der Waals surface area contributed by atoms with Crippen LogP contribution in [0.4, 0.5) is 0 Å². The number of rotatable bonds is 2. The van der Waals surface area contributed by atoms with Crippen molar-refractivity contribution in [3.05, 3.63) is 34.9 Å². The Morgan fingerprint density at radius 2 is 2.27 bits per heavy atom. The van der Waals surface area contributed by atoms with Crippen LogP contribution in [0.15, 0.2) is 18.2 Å². The maximum Gasteiger partial charge on any atom is 0.104 e. The highest BCUT2D eigenvalue weighted by molar-refractivity contribution is 5.39. The van der Waals surface area contributed by atoms with E-state index in [1.807, 2.05) is 23.7 Å². The van der Waals surface area contributed by atoms with Crippen molar-refractivity contribution >= 4 is 0 Å². The summed E-state index contributed by atoms with van der Waals surface area (Å²) in [5.41, 5.74) is 10.7. The van der Waals surface area contributed by atoms with E-state index in [-0.39, 0.29) is 6.10 Å². The molecule has 15 heavy (non-hydrogen) atoms. The van der Waals surface area contributed by atoms with E-state index in [1.54, 1.807) is 0 Å². The van der Waals surface area contributed by atoms with Crippen LogP contribution in [-0.2, 0) is 6.42 Å². The molecule has 0 heterocycles. The van der Waals surface area contributed by atoms with Gasteiger partial charge < -0.3 is 16.0 Å². The molecule has 0 aromatic heterocycles. The lowest BCUT2D eigenvalue weighted by Gasteiger charge is -2.25. The standard InChI is InChI=1S/C11H16N2O2/c12-11(13-15)9-5-1-4-8-7(9)3-2-6-10(8)14/h1,4-5,10-11,13-15H,2-3,6,12H2. The smallest absolute Gasteiger partial charge is 0.104 e. The molecule has 82 valence electrons. The Hall–Kier alpha value is -0.940. The second-order valence-electron chi connectivity index (χ2n) is 3.93.